The number of rotatable bonds is 5. The van der Waals surface area contributed by atoms with Crippen LogP contribution in [0.5, 0.6) is 0 Å². The zero-order valence-corrected chi connectivity index (χ0v) is 14.1. The maximum atomic E-state index is 12.1. The summed E-state index contributed by atoms with van der Waals surface area (Å²) in [5.74, 6) is -0.854. The molecule has 7 heteroatoms. The van der Waals surface area contributed by atoms with E-state index in [1.165, 1.54) is 0 Å². The fraction of sp³-hybridized carbons (Fsp3) is 0.357. The Hall–Kier alpha value is -1.47. The van der Waals surface area contributed by atoms with Crippen LogP contribution in [0.2, 0.25) is 0 Å². The van der Waals surface area contributed by atoms with Gasteiger partial charge in [-0.15, -0.1) is 11.3 Å². The quantitative estimate of drug-likeness (QED) is 0.877. The standard InChI is InChI=1S/C14H15BrN2O3S/c1-8-10(3-4-13(18)19)9(2)17(14(20)16-8)7-12-11(15)5-6-21-12/h5-6H,3-4,7H2,1-2H3,(H,18,19). The number of aryl methyl sites for hydroxylation is 1. The molecule has 2 aromatic heterocycles. The number of hydrogen-bond donors (Lipinski definition) is 1. The van der Waals surface area contributed by atoms with Gasteiger partial charge in [-0.3, -0.25) is 9.36 Å². The van der Waals surface area contributed by atoms with Crippen LogP contribution < -0.4 is 5.69 Å². The van der Waals surface area contributed by atoms with Crippen molar-refractivity contribution >= 4 is 33.2 Å². The van der Waals surface area contributed by atoms with Crippen LogP contribution in [0.3, 0.4) is 0 Å². The van der Waals surface area contributed by atoms with E-state index in [2.05, 4.69) is 20.9 Å². The van der Waals surface area contributed by atoms with E-state index in [4.69, 9.17) is 5.11 Å². The van der Waals surface area contributed by atoms with Gasteiger partial charge < -0.3 is 5.11 Å². The van der Waals surface area contributed by atoms with Crippen LogP contribution >= 0.6 is 27.3 Å². The molecule has 2 heterocycles. The molecule has 112 valence electrons. The first-order valence-corrected chi connectivity index (χ1v) is 8.08. The first kappa shape index (κ1) is 15.9. The Bertz CT molecular complexity index is 736. The molecule has 1 N–H and O–H groups in total. The molecular formula is C14H15BrN2O3S. The number of aromatic nitrogens is 2. The van der Waals surface area contributed by atoms with Gasteiger partial charge in [0.05, 0.1) is 6.54 Å². The van der Waals surface area contributed by atoms with Crippen molar-refractivity contribution in [2.45, 2.75) is 33.2 Å². The van der Waals surface area contributed by atoms with E-state index >= 15 is 0 Å². The number of halogens is 1. The first-order chi connectivity index (χ1) is 9.90. The molecule has 0 atom stereocenters. The molecule has 0 saturated heterocycles. The van der Waals surface area contributed by atoms with E-state index in [9.17, 15) is 9.59 Å². The second-order valence-electron chi connectivity index (χ2n) is 4.72. The molecule has 0 spiro atoms. The molecule has 0 saturated carbocycles. The van der Waals surface area contributed by atoms with Crippen molar-refractivity contribution < 1.29 is 9.90 Å². The number of carboxylic acids is 1. The molecule has 5 nitrogen and oxygen atoms in total. The summed E-state index contributed by atoms with van der Waals surface area (Å²) in [4.78, 5) is 27.9. The molecule has 0 bridgehead atoms. The second kappa shape index (κ2) is 6.53. The minimum Gasteiger partial charge on any atom is -0.481 e. The number of carbonyl (C=O) groups is 1. The highest BCUT2D eigenvalue weighted by Gasteiger charge is 2.14. The van der Waals surface area contributed by atoms with E-state index < -0.39 is 5.97 Å². The highest BCUT2D eigenvalue weighted by molar-refractivity contribution is 9.10. The van der Waals surface area contributed by atoms with Crippen molar-refractivity contribution in [3.63, 3.8) is 0 Å². The summed E-state index contributed by atoms with van der Waals surface area (Å²) >= 11 is 5.01. The number of carboxylic acid groups (broad SMARTS) is 1. The van der Waals surface area contributed by atoms with Crippen LogP contribution in [-0.4, -0.2) is 20.6 Å². The van der Waals surface area contributed by atoms with Gasteiger partial charge in [-0.1, -0.05) is 0 Å². The van der Waals surface area contributed by atoms with Gasteiger partial charge in [-0.25, -0.2) is 4.79 Å². The lowest BCUT2D eigenvalue weighted by molar-refractivity contribution is -0.136. The van der Waals surface area contributed by atoms with Gasteiger partial charge in [0, 0.05) is 27.2 Å². The molecule has 2 rings (SSSR count). The first-order valence-electron chi connectivity index (χ1n) is 6.40. The second-order valence-corrected chi connectivity index (χ2v) is 6.57. The maximum absolute atomic E-state index is 12.1. The van der Waals surface area contributed by atoms with Gasteiger partial charge >= 0.3 is 11.7 Å². The Morgan fingerprint density at radius 3 is 2.76 bits per heavy atom. The number of aliphatic carboxylic acids is 1. The normalized spacial score (nSPS) is 10.8. The zero-order valence-electron chi connectivity index (χ0n) is 11.7. The summed E-state index contributed by atoms with van der Waals surface area (Å²) < 4.78 is 2.56. The SMILES string of the molecule is Cc1nc(=O)n(Cc2sccc2Br)c(C)c1CCC(=O)O. The Morgan fingerprint density at radius 1 is 1.48 bits per heavy atom. The fourth-order valence-electron chi connectivity index (χ4n) is 2.20. The number of thiophene rings is 1. The van der Waals surface area contributed by atoms with Crippen molar-refractivity contribution in [3.05, 3.63) is 48.2 Å². The van der Waals surface area contributed by atoms with Crippen LogP contribution in [0.15, 0.2) is 20.7 Å². The largest absolute Gasteiger partial charge is 0.481 e. The van der Waals surface area contributed by atoms with Crippen molar-refractivity contribution in [1.82, 2.24) is 9.55 Å². The van der Waals surface area contributed by atoms with Crippen LogP contribution in [0, 0.1) is 13.8 Å². The minimum atomic E-state index is -0.854. The van der Waals surface area contributed by atoms with Gasteiger partial charge in [0.15, 0.2) is 0 Å². The summed E-state index contributed by atoms with van der Waals surface area (Å²) in [5.41, 5.74) is 1.93. The predicted molar refractivity (Wildman–Crippen MR) is 85.0 cm³/mol. The van der Waals surface area contributed by atoms with Gasteiger partial charge in [0.2, 0.25) is 0 Å². The fourth-order valence-corrected chi connectivity index (χ4v) is 3.67. The van der Waals surface area contributed by atoms with Gasteiger partial charge in [0.1, 0.15) is 0 Å². The summed E-state index contributed by atoms with van der Waals surface area (Å²) in [7, 11) is 0. The smallest absolute Gasteiger partial charge is 0.348 e. The molecule has 0 aliphatic carbocycles. The van der Waals surface area contributed by atoms with Gasteiger partial charge in [0.25, 0.3) is 0 Å². The topological polar surface area (TPSA) is 72.2 Å². The van der Waals surface area contributed by atoms with Crippen molar-refractivity contribution in [1.29, 1.82) is 0 Å². The minimum absolute atomic E-state index is 0.0320. The van der Waals surface area contributed by atoms with Crippen LogP contribution in [0.25, 0.3) is 0 Å². The highest BCUT2D eigenvalue weighted by atomic mass is 79.9. The van der Waals surface area contributed by atoms with E-state index in [1.54, 1.807) is 22.8 Å². The van der Waals surface area contributed by atoms with E-state index in [-0.39, 0.29) is 12.1 Å². The predicted octanol–water partition coefficient (Wildman–Crippen LogP) is 2.75. The monoisotopic (exact) mass is 370 g/mol. The molecule has 2 aromatic rings. The van der Waals surface area contributed by atoms with E-state index in [0.29, 0.717) is 18.7 Å². The maximum Gasteiger partial charge on any atom is 0.348 e. The molecule has 0 aliphatic heterocycles. The lowest BCUT2D eigenvalue weighted by atomic mass is 10.1. The molecule has 0 fully saturated rings. The molecule has 0 radical (unpaired) electrons. The van der Waals surface area contributed by atoms with Crippen LogP contribution in [0.1, 0.15) is 28.2 Å². The molecular weight excluding hydrogens is 356 g/mol. The lowest BCUT2D eigenvalue weighted by Gasteiger charge is -2.14. The molecule has 0 aromatic carbocycles. The summed E-state index contributed by atoms with van der Waals surface area (Å²) in [5, 5.41) is 10.8. The highest BCUT2D eigenvalue weighted by Crippen LogP contribution is 2.24. The lowest BCUT2D eigenvalue weighted by Crippen LogP contribution is -2.28. The number of hydrogen-bond acceptors (Lipinski definition) is 4. The Morgan fingerprint density at radius 2 is 2.19 bits per heavy atom. The Kier molecular flexibility index (Phi) is 4.95. The average molecular weight is 371 g/mol. The average Bonchev–Trinajstić information content (AvgIpc) is 2.79. The molecule has 0 unspecified atom stereocenters. The molecule has 0 aliphatic rings. The third-order valence-corrected chi connectivity index (χ3v) is 5.27. The van der Waals surface area contributed by atoms with E-state index in [0.717, 1.165) is 20.6 Å². The third kappa shape index (κ3) is 3.59. The molecule has 0 amide bonds. The van der Waals surface area contributed by atoms with Crippen molar-refractivity contribution in [2.24, 2.45) is 0 Å². The van der Waals surface area contributed by atoms with Crippen molar-refractivity contribution in [2.75, 3.05) is 0 Å². The van der Waals surface area contributed by atoms with Crippen molar-refractivity contribution in [3.8, 4) is 0 Å². The van der Waals surface area contributed by atoms with Crippen LogP contribution in [0.4, 0.5) is 0 Å². The van der Waals surface area contributed by atoms with Gasteiger partial charge in [-0.2, -0.15) is 4.98 Å². The Labute approximate surface area is 134 Å². The van der Waals surface area contributed by atoms with Gasteiger partial charge in [-0.05, 0) is 53.2 Å². The number of nitrogens with zero attached hydrogens (tertiary/aromatic N) is 2. The van der Waals surface area contributed by atoms with Crippen LogP contribution in [-0.2, 0) is 17.8 Å². The third-order valence-electron chi connectivity index (χ3n) is 3.35. The molecule has 21 heavy (non-hydrogen) atoms. The summed E-state index contributed by atoms with van der Waals surface area (Å²) in [6.07, 6.45) is 0.413. The zero-order chi connectivity index (χ0) is 15.6. The Balaban J connectivity index is 2.41. The summed E-state index contributed by atoms with van der Waals surface area (Å²) in [6.45, 7) is 4.03. The summed E-state index contributed by atoms with van der Waals surface area (Å²) in [6, 6.07) is 1.94. The van der Waals surface area contributed by atoms with E-state index in [1.807, 2.05) is 18.4 Å².